The van der Waals surface area contributed by atoms with Crippen LogP contribution in [0.5, 0.6) is 0 Å². The predicted octanol–water partition coefficient (Wildman–Crippen LogP) is 4.95. The molecule has 0 fully saturated rings. The summed E-state index contributed by atoms with van der Waals surface area (Å²) < 4.78 is 5.65. The van der Waals surface area contributed by atoms with Crippen molar-refractivity contribution in [2.75, 3.05) is 0 Å². The second-order valence-corrected chi connectivity index (χ2v) is 19.3. The van der Waals surface area contributed by atoms with Crippen LogP contribution >= 0.6 is 0 Å². The van der Waals surface area contributed by atoms with Crippen LogP contribution in [0.15, 0.2) is 18.5 Å². The standard InChI is InChI=1S/C6H4NO.3C4H9.Sn/c8-5-6-2-1-3-7-4-6;3*1-3-4-2;/h1,3-5H;3*1,3-4H2,2H3;. The van der Waals surface area contributed by atoms with Crippen LogP contribution in [0.1, 0.15) is 69.7 Å². The van der Waals surface area contributed by atoms with Crippen molar-refractivity contribution >= 4 is 28.2 Å². The van der Waals surface area contributed by atoms with Gasteiger partial charge in [-0.3, -0.25) is 0 Å². The van der Waals surface area contributed by atoms with Gasteiger partial charge in [-0.1, -0.05) is 0 Å². The maximum absolute atomic E-state index is 11.5. The van der Waals surface area contributed by atoms with Gasteiger partial charge in [-0.25, -0.2) is 0 Å². The van der Waals surface area contributed by atoms with Crippen LogP contribution in [-0.4, -0.2) is 29.6 Å². The van der Waals surface area contributed by atoms with Crippen molar-refractivity contribution in [1.29, 1.82) is 0 Å². The maximum atomic E-state index is 11.5. The topological polar surface area (TPSA) is 30.0 Å². The molecule has 0 amide bonds. The van der Waals surface area contributed by atoms with Gasteiger partial charge in [0.1, 0.15) is 0 Å². The molecule has 0 N–H and O–H groups in total. The minimum absolute atomic E-state index is 0.886. The zero-order valence-corrected chi connectivity index (χ0v) is 16.9. The van der Waals surface area contributed by atoms with Crippen LogP contribution in [-0.2, 0) is 0 Å². The quantitative estimate of drug-likeness (QED) is 0.392. The van der Waals surface area contributed by atoms with Crippen LogP contribution < -0.4 is 3.58 Å². The zero-order valence-electron chi connectivity index (χ0n) is 14.0. The number of pyridine rings is 1. The molecule has 0 bridgehead atoms. The molecule has 0 aliphatic rings. The van der Waals surface area contributed by atoms with E-state index in [1.54, 1.807) is 6.20 Å². The fourth-order valence-electron chi connectivity index (χ4n) is 3.31. The van der Waals surface area contributed by atoms with Gasteiger partial charge in [-0.05, 0) is 0 Å². The number of rotatable bonds is 11. The second-order valence-electron chi connectivity index (χ2n) is 6.17. The summed E-state index contributed by atoms with van der Waals surface area (Å²) in [4.78, 5) is 15.7. The Morgan fingerprint density at radius 1 is 1.00 bits per heavy atom. The molecule has 118 valence electrons. The molecule has 1 aromatic rings. The van der Waals surface area contributed by atoms with Gasteiger partial charge in [-0.2, -0.15) is 0 Å². The summed E-state index contributed by atoms with van der Waals surface area (Å²) in [5, 5.41) is 0. The third-order valence-corrected chi connectivity index (χ3v) is 20.4. The number of hydrogen-bond acceptors (Lipinski definition) is 2. The molecule has 0 atom stereocenters. The van der Waals surface area contributed by atoms with Crippen molar-refractivity contribution in [1.82, 2.24) is 4.98 Å². The minimum atomic E-state index is -2.46. The number of carbonyl (C=O) groups is 1. The van der Waals surface area contributed by atoms with E-state index >= 15 is 0 Å². The van der Waals surface area contributed by atoms with Crippen molar-refractivity contribution in [2.24, 2.45) is 0 Å². The molecule has 3 heteroatoms. The molecule has 1 aromatic heterocycles. The second kappa shape index (κ2) is 10.4. The third kappa shape index (κ3) is 5.39. The molecule has 1 heterocycles. The van der Waals surface area contributed by atoms with Gasteiger partial charge in [0.05, 0.1) is 0 Å². The van der Waals surface area contributed by atoms with E-state index in [0.717, 1.165) is 11.8 Å². The summed E-state index contributed by atoms with van der Waals surface area (Å²) in [5.74, 6) is 0. The molecule has 1 rings (SSSR count). The number of aromatic nitrogens is 1. The van der Waals surface area contributed by atoms with E-state index in [-0.39, 0.29) is 0 Å². The van der Waals surface area contributed by atoms with E-state index in [1.165, 1.54) is 55.4 Å². The Bertz CT molecular complexity index is 398. The molecule has 0 aliphatic carbocycles. The van der Waals surface area contributed by atoms with E-state index in [1.807, 2.05) is 6.20 Å². The fourth-order valence-corrected chi connectivity index (χ4v) is 19.9. The van der Waals surface area contributed by atoms with Crippen LogP contribution in [0, 0.1) is 0 Å². The summed E-state index contributed by atoms with van der Waals surface area (Å²) >= 11 is -2.46. The molecular formula is C18H31NOSn. The van der Waals surface area contributed by atoms with Crippen LogP contribution in [0.3, 0.4) is 0 Å². The fraction of sp³-hybridized carbons (Fsp3) is 0.667. The first-order valence-corrected chi connectivity index (χ1v) is 16.1. The van der Waals surface area contributed by atoms with E-state index in [0.29, 0.717) is 0 Å². The third-order valence-electron chi connectivity index (χ3n) is 4.58. The van der Waals surface area contributed by atoms with E-state index in [9.17, 15) is 4.79 Å². The summed E-state index contributed by atoms with van der Waals surface area (Å²) in [6, 6.07) is 2.18. The summed E-state index contributed by atoms with van der Waals surface area (Å²) in [7, 11) is 0. The van der Waals surface area contributed by atoms with Gasteiger partial charge in [0.2, 0.25) is 0 Å². The molecule has 0 spiro atoms. The monoisotopic (exact) mass is 397 g/mol. The van der Waals surface area contributed by atoms with Gasteiger partial charge >= 0.3 is 135 Å². The van der Waals surface area contributed by atoms with Crippen molar-refractivity contribution in [3.05, 3.63) is 24.0 Å². The Morgan fingerprint density at radius 2 is 1.52 bits per heavy atom. The van der Waals surface area contributed by atoms with E-state index in [4.69, 9.17) is 0 Å². The van der Waals surface area contributed by atoms with Crippen LogP contribution in [0.2, 0.25) is 13.3 Å². The van der Waals surface area contributed by atoms with Crippen molar-refractivity contribution in [3.63, 3.8) is 0 Å². The Kier molecular flexibility index (Phi) is 9.21. The first-order chi connectivity index (χ1) is 10.2. The Morgan fingerprint density at radius 3 is 1.95 bits per heavy atom. The van der Waals surface area contributed by atoms with Crippen LogP contribution in [0.4, 0.5) is 0 Å². The summed E-state index contributed by atoms with van der Waals surface area (Å²) in [6.45, 7) is 6.84. The molecule has 0 aliphatic heterocycles. The van der Waals surface area contributed by atoms with Crippen molar-refractivity contribution < 1.29 is 4.79 Å². The van der Waals surface area contributed by atoms with Gasteiger partial charge in [0.15, 0.2) is 0 Å². The SMILES string of the molecule is CCC[CH2][Sn]([CH2]CCC)([CH2]CCC)[c]1ccncc1C=O. The number of carbonyl (C=O) groups excluding carboxylic acids is 1. The number of hydrogen-bond donors (Lipinski definition) is 0. The number of aldehydes is 1. The summed E-state index contributed by atoms with van der Waals surface area (Å²) in [6.07, 6.45) is 12.5. The first-order valence-electron chi connectivity index (χ1n) is 8.63. The first kappa shape index (κ1) is 18.7. The van der Waals surface area contributed by atoms with Gasteiger partial charge in [0, 0.05) is 0 Å². The van der Waals surface area contributed by atoms with Crippen molar-refractivity contribution in [2.45, 2.75) is 72.6 Å². The van der Waals surface area contributed by atoms with E-state index in [2.05, 4.69) is 31.8 Å². The van der Waals surface area contributed by atoms with Gasteiger partial charge < -0.3 is 0 Å². The van der Waals surface area contributed by atoms with Crippen molar-refractivity contribution in [3.8, 4) is 0 Å². The Labute approximate surface area is 134 Å². The number of unbranched alkanes of at least 4 members (excludes halogenated alkanes) is 3. The average Bonchev–Trinajstić information content (AvgIpc) is 2.54. The molecule has 0 radical (unpaired) electrons. The molecule has 21 heavy (non-hydrogen) atoms. The van der Waals surface area contributed by atoms with E-state index < -0.39 is 18.4 Å². The average molecular weight is 396 g/mol. The summed E-state index contributed by atoms with van der Waals surface area (Å²) in [5.41, 5.74) is 0.886. The Hall–Kier alpha value is -0.381. The molecule has 0 unspecified atom stereocenters. The molecular weight excluding hydrogens is 365 g/mol. The normalized spacial score (nSPS) is 11.6. The molecule has 0 saturated heterocycles. The zero-order chi connectivity index (χ0) is 15.6. The predicted molar refractivity (Wildman–Crippen MR) is 94.2 cm³/mol. The van der Waals surface area contributed by atoms with Gasteiger partial charge in [-0.15, -0.1) is 0 Å². The molecule has 0 saturated carbocycles. The van der Waals surface area contributed by atoms with Crippen LogP contribution in [0.25, 0.3) is 0 Å². The molecule has 0 aromatic carbocycles. The van der Waals surface area contributed by atoms with Gasteiger partial charge in [0.25, 0.3) is 0 Å². The Balaban J connectivity index is 3.19. The molecule has 2 nitrogen and oxygen atoms in total. The number of nitrogens with zero attached hydrogens (tertiary/aromatic N) is 1.